The van der Waals surface area contributed by atoms with Crippen molar-refractivity contribution in [3.63, 3.8) is 0 Å². The second-order valence-electron chi connectivity index (χ2n) is 6.94. The van der Waals surface area contributed by atoms with E-state index in [-0.39, 0.29) is 28.1 Å². The van der Waals surface area contributed by atoms with E-state index in [1.54, 1.807) is 24.3 Å². The molecule has 0 spiro atoms. The average Bonchev–Trinajstić information content (AvgIpc) is 2.79. The summed E-state index contributed by atoms with van der Waals surface area (Å²) in [5.74, 6) is -1.11. The van der Waals surface area contributed by atoms with Crippen LogP contribution in [0.15, 0.2) is 76.5 Å². The fraction of sp³-hybridized carbons (Fsp3) is 0.130. The minimum atomic E-state index is -3.97. The number of anilines is 1. The van der Waals surface area contributed by atoms with Gasteiger partial charge in [-0.05, 0) is 48.0 Å². The standard InChI is InChI=1S/C23H19FN2O4S2/c1-25-18-8-7-16(22(24)15-18)14-23(27)17-5-4-6-21(13-17)32(29,30)26(2)19-9-11-20(12-10-19)31(3)28/h4-13,15H,14H2,2-3H3. The molecule has 3 rings (SSSR count). The van der Waals surface area contributed by atoms with Gasteiger partial charge in [0.15, 0.2) is 11.5 Å². The molecule has 9 heteroatoms. The Morgan fingerprint density at radius 1 is 1.09 bits per heavy atom. The molecule has 1 atom stereocenters. The van der Waals surface area contributed by atoms with E-state index in [0.717, 1.165) is 10.4 Å². The van der Waals surface area contributed by atoms with Gasteiger partial charge in [-0.15, -0.1) is 0 Å². The quantitative estimate of drug-likeness (QED) is 0.380. The van der Waals surface area contributed by atoms with Crippen LogP contribution >= 0.6 is 0 Å². The zero-order chi connectivity index (χ0) is 23.5. The van der Waals surface area contributed by atoms with Crippen LogP contribution in [0, 0.1) is 12.4 Å². The highest BCUT2D eigenvalue weighted by Crippen LogP contribution is 2.25. The Kier molecular flexibility index (Phi) is 6.87. The number of ketones is 1. The summed E-state index contributed by atoms with van der Waals surface area (Å²) in [4.78, 5) is 16.3. The lowest BCUT2D eigenvalue weighted by Crippen LogP contribution is -2.26. The molecule has 0 bridgehead atoms. The molecule has 0 fully saturated rings. The van der Waals surface area contributed by atoms with Gasteiger partial charge < -0.3 is 0 Å². The van der Waals surface area contributed by atoms with Gasteiger partial charge in [0.1, 0.15) is 5.82 Å². The number of halogens is 1. The van der Waals surface area contributed by atoms with Gasteiger partial charge in [-0.2, -0.15) is 0 Å². The van der Waals surface area contributed by atoms with Crippen LogP contribution in [0.4, 0.5) is 15.8 Å². The molecular weight excluding hydrogens is 451 g/mol. The summed E-state index contributed by atoms with van der Waals surface area (Å²) in [6.07, 6.45) is 1.27. The molecule has 3 aromatic carbocycles. The molecule has 0 amide bonds. The van der Waals surface area contributed by atoms with Crippen LogP contribution in [-0.4, -0.2) is 31.7 Å². The van der Waals surface area contributed by atoms with E-state index in [0.29, 0.717) is 10.6 Å². The topological polar surface area (TPSA) is 75.9 Å². The van der Waals surface area contributed by atoms with Crippen LogP contribution < -0.4 is 4.31 Å². The van der Waals surface area contributed by atoms with Crippen LogP contribution in [0.5, 0.6) is 0 Å². The molecule has 0 N–H and O–H groups in total. The minimum absolute atomic E-state index is 0.0854. The van der Waals surface area contributed by atoms with Crippen molar-refractivity contribution in [1.29, 1.82) is 0 Å². The summed E-state index contributed by atoms with van der Waals surface area (Å²) >= 11 is 0. The highest BCUT2D eigenvalue weighted by molar-refractivity contribution is 7.92. The number of nitrogens with zero attached hydrogens (tertiary/aromatic N) is 2. The molecule has 3 aromatic rings. The maximum absolute atomic E-state index is 14.1. The smallest absolute Gasteiger partial charge is 0.264 e. The van der Waals surface area contributed by atoms with Crippen molar-refractivity contribution in [3.8, 4) is 0 Å². The van der Waals surface area contributed by atoms with E-state index in [2.05, 4.69) is 4.85 Å². The maximum Gasteiger partial charge on any atom is 0.264 e. The van der Waals surface area contributed by atoms with E-state index in [4.69, 9.17) is 6.57 Å². The van der Waals surface area contributed by atoms with Crippen molar-refractivity contribution in [2.24, 2.45) is 0 Å². The first-order valence-electron chi connectivity index (χ1n) is 9.35. The van der Waals surface area contributed by atoms with E-state index in [9.17, 15) is 21.8 Å². The number of sulfonamides is 1. The monoisotopic (exact) mass is 470 g/mol. The SMILES string of the molecule is [C-]#[N+]c1ccc(CC(=O)c2cccc(S(=O)(=O)N(C)c3ccc(S(C)=O)cc3)c2)c(F)c1. The number of carbonyl (C=O) groups is 1. The summed E-state index contributed by atoms with van der Waals surface area (Å²) in [6, 6.07) is 15.7. The van der Waals surface area contributed by atoms with Crippen LogP contribution in [0.25, 0.3) is 4.85 Å². The zero-order valence-electron chi connectivity index (χ0n) is 17.3. The fourth-order valence-corrected chi connectivity index (χ4v) is 4.76. The van der Waals surface area contributed by atoms with Crippen molar-refractivity contribution in [3.05, 3.63) is 95.1 Å². The number of hydrogen-bond acceptors (Lipinski definition) is 4. The molecule has 164 valence electrons. The first-order chi connectivity index (χ1) is 15.1. The van der Waals surface area contributed by atoms with Crippen LogP contribution in [0.1, 0.15) is 15.9 Å². The molecule has 0 saturated carbocycles. The van der Waals surface area contributed by atoms with Crippen LogP contribution in [0.3, 0.4) is 0 Å². The molecule has 0 aromatic heterocycles. The third kappa shape index (κ3) is 4.93. The molecule has 0 aliphatic carbocycles. The first kappa shape index (κ1) is 23.3. The summed E-state index contributed by atoms with van der Waals surface area (Å²) in [5.41, 5.74) is 0.761. The van der Waals surface area contributed by atoms with E-state index >= 15 is 0 Å². The van der Waals surface area contributed by atoms with Gasteiger partial charge in [0.25, 0.3) is 10.0 Å². The van der Waals surface area contributed by atoms with Gasteiger partial charge in [0.2, 0.25) is 0 Å². The Hall–Kier alpha value is -3.35. The minimum Gasteiger partial charge on any atom is -0.294 e. The van der Waals surface area contributed by atoms with Crippen molar-refractivity contribution in [1.82, 2.24) is 0 Å². The summed E-state index contributed by atoms with van der Waals surface area (Å²) in [7, 11) is -3.77. The highest BCUT2D eigenvalue weighted by atomic mass is 32.2. The fourth-order valence-electron chi connectivity index (χ4n) is 3.00. The van der Waals surface area contributed by atoms with Gasteiger partial charge >= 0.3 is 0 Å². The lowest BCUT2D eigenvalue weighted by molar-refractivity contribution is 0.0991. The van der Waals surface area contributed by atoms with Gasteiger partial charge in [-0.25, -0.2) is 17.7 Å². The molecule has 1 unspecified atom stereocenters. The van der Waals surface area contributed by atoms with Gasteiger partial charge in [0.05, 0.1) is 17.2 Å². The zero-order valence-corrected chi connectivity index (χ0v) is 18.9. The molecule has 0 aliphatic rings. The average molecular weight is 471 g/mol. The third-order valence-electron chi connectivity index (χ3n) is 4.86. The summed E-state index contributed by atoms with van der Waals surface area (Å²) < 4.78 is 52.9. The van der Waals surface area contributed by atoms with Crippen molar-refractivity contribution >= 4 is 38.0 Å². The molecule has 0 heterocycles. The molecule has 32 heavy (non-hydrogen) atoms. The van der Waals surface area contributed by atoms with Gasteiger partial charge in [-0.1, -0.05) is 24.3 Å². The number of hydrogen-bond donors (Lipinski definition) is 0. The van der Waals surface area contributed by atoms with E-state index in [1.807, 2.05) is 0 Å². The highest BCUT2D eigenvalue weighted by Gasteiger charge is 2.23. The lowest BCUT2D eigenvalue weighted by atomic mass is 10.0. The predicted octanol–water partition coefficient (Wildman–Crippen LogP) is 4.36. The molecule has 0 radical (unpaired) electrons. The number of benzene rings is 3. The Morgan fingerprint density at radius 3 is 2.38 bits per heavy atom. The van der Waals surface area contributed by atoms with E-state index < -0.39 is 32.4 Å². The Labute approximate surface area is 188 Å². The second kappa shape index (κ2) is 9.42. The van der Waals surface area contributed by atoms with Crippen LogP contribution in [-0.2, 0) is 27.2 Å². The Morgan fingerprint density at radius 2 is 1.78 bits per heavy atom. The third-order valence-corrected chi connectivity index (χ3v) is 7.58. The largest absolute Gasteiger partial charge is 0.294 e. The molecule has 0 aliphatic heterocycles. The van der Waals surface area contributed by atoms with Crippen molar-refractivity contribution in [2.75, 3.05) is 17.6 Å². The lowest BCUT2D eigenvalue weighted by Gasteiger charge is -2.20. The number of rotatable bonds is 7. The van der Waals surface area contributed by atoms with Gasteiger partial charge in [-0.3, -0.25) is 13.3 Å². The van der Waals surface area contributed by atoms with Crippen molar-refractivity contribution in [2.45, 2.75) is 16.2 Å². The van der Waals surface area contributed by atoms with Crippen LogP contribution in [0.2, 0.25) is 0 Å². The van der Waals surface area contributed by atoms with Gasteiger partial charge in [0, 0.05) is 41.0 Å². The summed E-state index contributed by atoms with van der Waals surface area (Å²) in [5, 5.41) is 0. The summed E-state index contributed by atoms with van der Waals surface area (Å²) in [6.45, 7) is 6.91. The Bertz CT molecular complexity index is 1350. The maximum atomic E-state index is 14.1. The first-order valence-corrected chi connectivity index (χ1v) is 12.3. The number of Topliss-reactive ketones (excluding diaryl/α,β-unsaturated/α-hetero) is 1. The second-order valence-corrected chi connectivity index (χ2v) is 10.3. The normalized spacial score (nSPS) is 12.1. The Balaban J connectivity index is 1.86. The molecule has 6 nitrogen and oxygen atoms in total. The molecular formula is C23H19FN2O4S2. The van der Waals surface area contributed by atoms with E-state index in [1.165, 1.54) is 49.7 Å². The van der Waals surface area contributed by atoms with Crippen molar-refractivity contribution < 1.29 is 21.8 Å². The number of carbonyl (C=O) groups excluding carboxylic acids is 1. The molecule has 0 saturated heterocycles. The predicted molar refractivity (Wildman–Crippen MR) is 122 cm³/mol.